The van der Waals surface area contributed by atoms with E-state index in [0.717, 1.165) is 5.56 Å². The van der Waals surface area contributed by atoms with Crippen molar-refractivity contribution in [1.29, 1.82) is 0 Å². The molecule has 138 valence electrons. The Morgan fingerprint density at radius 1 is 1.08 bits per heavy atom. The van der Waals surface area contributed by atoms with Crippen LogP contribution in [0.5, 0.6) is 0 Å². The van der Waals surface area contributed by atoms with Crippen molar-refractivity contribution < 1.29 is 23.1 Å². The average Bonchev–Trinajstić information content (AvgIpc) is 2.60. The highest BCUT2D eigenvalue weighted by molar-refractivity contribution is 7.99. The number of nitrogens with one attached hydrogen (secondary N) is 1. The van der Waals surface area contributed by atoms with Gasteiger partial charge in [0.1, 0.15) is 0 Å². The van der Waals surface area contributed by atoms with Crippen molar-refractivity contribution in [1.82, 2.24) is 0 Å². The van der Waals surface area contributed by atoms with Crippen LogP contribution in [0.1, 0.15) is 35.7 Å². The molecule has 0 aliphatic rings. The maximum absolute atomic E-state index is 12.6. The zero-order valence-electron chi connectivity index (χ0n) is 14.4. The first-order valence-electron chi connectivity index (χ1n) is 7.98. The first-order valence-corrected chi connectivity index (χ1v) is 8.86. The summed E-state index contributed by atoms with van der Waals surface area (Å²) in [6, 6.07) is 13.2. The van der Waals surface area contributed by atoms with E-state index >= 15 is 0 Å². The Balaban J connectivity index is 1.99. The number of anilines is 1. The summed E-state index contributed by atoms with van der Waals surface area (Å²) in [4.78, 5) is 24.3. The maximum atomic E-state index is 12.6. The minimum Gasteiger partial charge on any atom is -0.452 e. The number of hydrogen-bond donors (Lipinski definition) is 1. The Labute approximate surface area is 154 Å². The molecule has 7 heteroatoms. The Kier molecular flexibility index (Phi) is 7.15. The highest BCUT2D eigenvalue weighted by Crippen LogP contribution is 2.29. The van der Waals surface area contributed by atoms with E-state index in [1.54, 1.807) is 24.3 Å². The summed E-state index contributed by atoms with van der Waals surface area (Å²) in [6.07, 6.45) is 0. The van der Waals surface area contributed by atoms with Gasteiger partial charge in [-0.05, 0) is 29.7 Å². The predicted molar refractivity (Wildman–Crippen MR) is 97.7 cm³/mol. The molecule has 0 radical (unpaired) electrons. The molecule has 2 aromatic carbocycles. The van der Waals surface area contributed by atoms with Crippen molar-refractivity contribution in [2.24, 2.45) is 0 Å². The number of ether oxygens (including phenoxy) is 1. The zero-order chi connectivity index (χ0) is 19.1. The normalized spacial score (nSPS) is 10.8. The number of alkyl halides is 2. The lowest BCUT2D eigenvalue weighted by Crippen LogP contribution is -2.22. The van der Waals surface area contributed by atoms with Crippen molar-refractivity contribution in [2.75, 3.05) is 11.9 Å². The molecule has 2 rings (SSSR count). The summed E-state index contributed by atoms with van der Waals surface area (Å²) in [5.41, 5.74) is 1.62. The highest BCUT2D eigenvalue weighted by Gasteiger charge is 2.18. The van der Waals surface area contributed by atoms with Crippen LogP contribution in [-0.2, 0) is 9.53 Å². The van der Waals surface area contributed by atoms with Gasteiger partial charge in [-0.1, -0.05) is 55.9 Å². The number of thioether (sulfide) groups is 1. The molecule has 4 nitrogen and oxygen atoms in total. The van der Waals surface area contributed by atoms with Crippen molar-refractivity contribution in [3.05, 3.63) is 59.7 Å². The fourth-order valence-electron chi connectivity index (χ4n) is 2.34. The number of carbonyl (C=O) groups is 2. The number of esters is 1. The van der Waals surface area contributed by atoms with Gasteiger partial charge in [-0.2, -0.15) is 8.78 Å². The second-order valence-electron chi connectivity index (χ2n) is 5.74. The number of carbonyl (C=O) groups excluding carboxylic acids is 2. The molecule has 0 unspecified atom stereocenters. The summed E-state index contributed by atoms with van der Waals surface area (Å²) in [7, 11) is 0. The molecule has 0 saturated carbocycles. The summed E-state index contributed by atoms with van der Waals surface area (Å²) in [5, 5.41) is 2.70. The van der Waals surface area contributed by atoms with Crippen molar-refractivity contribution >= 4 is 29.3 Å². The molecule has 1 N–H and O–H groups in total. The van der Waals surface area contributed by atoms with Crippen molar-refractivity contribution in [3.63, 3.8) is 0 Å². The third kappa shape index (κ3) is 5.56. The highest BCUT2D eigenvalue weighted by atomic mass is 32.2. The van der Waals surface area contributed by atoms with Crippen LogP contribution in [0.25, 0.3) is 0 Å². The largest absolute Gasteiger partial charge is 0.452 e. The van der Waals surface area contributed by atoms with E-state index in [1.165, 1.54) is 12.1 Å². The van der Waals surface area contributed by atoms with Crippen LogP contribution in [0.3, 0.4) is 0 Å². The molecule has 0 spiro atoms. The second-order valence-corrected chi connectivity index (χ2v) is 6.77. The first-order chi connectivity index (χ1) is 12.4. The van der Waals surface area contributed by atoms with Gasteiger partial charge in [0, 0.05) is 10.6 Å². The number of halogens is 2. The lowest BCUT2D eigenvalue weighted by atomic mass is 10.0. The first kappa shape index (κ1) is 19.9. The van der Waals surface area contributed by atoms with Crippen LogP contribution in [0.2, 0.25) is 0 Å². The van der Waals surface area contributed by atoms with E-state index in [-0.39, 0.29) is 28.1 Å². The van der Waals surface area contributed by atoms with Crippen LogP contribution < -0.4 is 5.32 Å². The monoisotopic (exact) mass is 379 g/mol. The van der Waals surface area contributed by atoms with E-state index in [4.69, 9.17) is 4.74 Å². The second kappa shape index (κ2) is 9.33. The third-order valence-corrected chi connectivity index (χ3v) is 4.30. The minimum absolute atomic E-state index is 0.00757. The minimum atomic E-state index is -2.65. The van der Waals surface area contributed by atoms with E-state index in [1.807, 2.05) is 26.0 Å². The van der Waals surface area contributed by atoms with Gasteiger partial charge in [-0.3, -0.25) is 4.79 Å². The van der Waals surface area contributed by atoms with Crippen LogP contribution in [0.15, 0.2) is 53.4 Å². The quantitative estimate of drug-likeness (QED) is 0.548. The van der Waals surface area contributed by atoms with E-state index in [2.05, 4.69) is 5.32 Å². The third-order valence-electron chi connectivity index (χ3n) is 3.51. The molecule has 26 heavy (non-hydrogen) atoms. The van der Waals surface area contributed by atoms with Gasteiger partial charge in [0.25, 0.3) is 11.7 Å². The predicted octanol–water partition coefficient (Wildman–Crippen LogP) is 4.92. The molecule has 0 saturated heterocycles. The van der Waals surface area contributed by atoms with Gasteiger partial charge < -0.3 is 10.1 Å². The molecule has 0 heterocycles. The summed E-state index contributed by atoms with van der Waals surface area (Å²) in [5.74, 6) is -3.75. The Morgan fingerprint density at radius 2 is 1.73 bits per heavy atom. The zero-order valence-corrected chi connectivity index (χ0v) is 15.2. The lowest BCUT2D eigenvalue weighted by molar-refractivity contribution is -0.119. The molecule has 0 aromatic heterocycles. The number of hydrogen-bond acceptors (Lipinski definition) is 4. The van der Waals surface area contributed by atoms with Crippen LogP contribution in [-0.4, -0.2) is 24.2 Å². The Morgan fingerprint density at radius 3 is 2.42 bits per heavy atom. The summed E-state index contributed by atoms with van der Waals surface area (Å²) >= 11 is 0.261. The van der Waals surface area contributed by atoms with Crippen molar-refractivity contribution in [2.45, 2.75) is 30.4 Å². The Bertz CT molecular complexity index is 781. The van der Waals surface area contributed by atoms with Crippen LogP contribution >= 0.6 is 11.8 Å². The van der Waals surface area contributed by atoms with Crippen molar-refractivity contribution in [3.8, 4) is 0 Å². The molecule has 0 bridgehead atoms. The molecular formula is C19H19F2NO3S. The van der Waals surface area contributed by atoms with E-state index in [9.17, 15) is 18.4 Å². The summed E-state index contributed by atoms with van der Waals surface area (Å²) in [6.45, 7) is 3.50. The molecular weight excluding hydrogens is 360 g/mol. The van der Waals surface area contributed by atoms with Gasteiger partial charge in [-0.25, -0.2) is 4.79 Å². The van der Waals surface area contributed by atoms with Crippen LogP contribution in [0.4, 0.5) is 14.5 Å². The van der Waals surface area contributed by atoms with Gasteiger partial charge in [0.15, 0.2) is 6.61 Å². The van der Waals surface area contributed by atoms with Crippen LogP contribution in [0, 0.1) is 0 Å². The van der Waals surface area contributed by atoms with Gasteiger partial charge in [0.05, 0.1) is 5.56 Å². The smallest absolute Gasteiger partial charge is 0.339 e. The number of rotatable bonds is 7. The molecule has 0 aliphatic carbocycles. The van der Waals surface area contributed by atoms with Gasteiger partial charge in [0.2, 0.25) is 0 Å². The molecule has 0 atom stereocenters. The topological polar surface area (TPSA) is 55.4 Å². The number of para-hydroxylation sites is 1. The number of amides is 1. The van der Waals surface area contributed by atoms with E-state index in [0.29, 0.717) is 5.69 Å². The fraction of sp³-hybridized carbons (Fsp3) is 0.263. The molecule has 0 aliphatic heterocycles. The number of benzene rings is 2. The molecule has 1 amide bonds. The SMILES string of the molecule is CC(C)c1ccccc1NC(=O)COC(=O)c1ccccc1SC(F)F. The lowest BCUT2D eigenvalue weighted by Gasteiger charge is -2.14. The molecule has 0 fully saturated rings. The molecule has 2 aromatic rings. The van der Waals surface area contributed by atoms with Gasteiger partial charge in [-0.15, -0.1) is 0 Å². The fourth-order valence-corrected chi connectivity index (χ4v) is 2.97. The summed E-state index contributed by atoms with van der Waals surface area (Å²) < 4.78 is 30.1. The standard InChI is InChI=1S/C19H19F2NO3S/c1-12(2)13-7-3-5-9-15(13)22-17(23)11-25-18(24)14-8-4-6-10-16(14)26-19(20)21/h3-10,12,19H,11H2,1-2H3,(H,22,23). The average molecular weight is 379 g/mol. The Hall–Kier alpha value is -2.41. The maximum Gasteiger partial charge on any atom is 0.339 e. The van der Waals surface area contributed by atoms with E-state index < -0.39 is 24.2 Å². The van der Waals surface area contributed by atoms with Gasteiger partial charge >= 0.3 is 5.97 Å².